The quantitative estimate of drug-likeness (QED) is 0.342. The lowest BCUT2D eigenvalue weighted by Crippen LogP contribution is -2.53. The van der Waals surface area contributed by atoms with Crippen molar-refractivity contribution in [3.05, 3.63) is 83.7 Å². The second kappa shape index (κ2) is 13.7. The van der Waals surface area contributed by atoms with E-state index >= 15 is 0 Å². The predicted molar refractivity (Wildman–Crippen MR) is 165 cm³/mol. The Kier molecular flexibility index (Phi) is 9.73. The van der Waals surface area contributed by atoms with Crippen molar-refractivity contribution in [3.63, 3.8) is 0 Å². The van der Waals surface area contributed by atoms with Gasteiger partial charge in [0.05, 0.1) is 10.6 Å². The van der Waals surface area contributed by atoms with Gasteiger partial charge in [0.25, 0.3) is 10.0 Å². The molecule has 2 aliphatic rings. The van der Waals surface area contributed by atoms with Crippen LogP contribution in [0.4, 0.5) is 10.1 Å². The molecular formula is C33H38FN3O6S. The second-order valence-electron chi connectivity index (χ2n) is 11.3. The molecule has 0 bridgehead atoms. The van der Waals surface area contributed by atoms with Gasteiger partial charge in [0, 0.05) is 18.7 Å². The molecule has 0 aromatic heterocycles. The summed E-state index contributed by atoms with van der Waals surface area (Å²) in [6.45, 7) is 3.71. The van der Waals surface area contributed by atoms with Gasteiger partial charge in [-0.05, 0) is 68.7 Å². The topological polar surface area (TPSA) is 105 Å². The zero-order valence-corrected chi connectivity index (χ0v) is 25.8. The van der Waals surface area contributed by atoms with E-state index in [-0.39, 0.29) is 41.4 Å². The minimum absolute atomic E-state index is 0.0429. The first-order chi connectivity index (χ1) is 21.1. The number of carbonyl (C=O) groups is 2. The number of ether oxygens (including phenoxy) is 2. The van der Waals surface area contributed by atoms with Crippen molar-refractivity contribution in [2.45, 2.75) is 69.5 Å². The predicted octanol–water partition coefficient (Wildman–Crippen LogP) is 4.97. The molecule has 1 saturated carbocycles. The van der Waals surface area contributed by atoms with E-state index in [4.69, 9.17) is 9.47 Å². The molecule has 3 aromatic rings. The summed E-state index contributed by atoms with van der Waals surface area (Å²) in [5.41, 5.74) is 1.94. The molecule has 0 unspecified atom stereocenters. The molecule has 2 amide bonds. The van der Waals surface area contributed by atoms with E-state index in [0.717, 1.165) is 59.7 Å². The Balaban J connectivity index is 1.47. The molecule has 0 saturated heterocycles. The fourth-order valence-corrected chi connectivity index (χ4v) is 6.92. The summed E-state index contributed by atoms with van der Waals surface area (Å²) in [7, 11) is -4.35. The first-order valence-electron chi connectivity index (χ1n) is 14.9. The number of nitrogens with zero attached hydrogens (tertiary/aromatic N) is 2. The standard InChI is InChI=1S/C33H38FN3O6S/c1-23-8-10-25(11-9-23)21-36(24(2)33(39)35-27-6-4-3-5-7-27)32(38)22-37(28-14-12-26(34)13-15-28)44(40,41)29-16-17-30-31(20-29)43-19-18-42-30/h8-17,20,24,27H,3-7,18-19,21-22H2,1-2H3,(H,35,39)/t24-/m1/s1. The van der Waals surface area contributed by atoms with Crippen LogP contribution in [0.1, 0.15) is 50.2 Å². The summed E-state index contributed by atoms with van der Waals surface area (Å²) >= 11 is 0. The van der Waals surface area contributed by atoms with Gasteiger partial charge >= 0.3 is 0 Å². The van der Waals surface area contributed by atoms with Crippen LogP contribution in [0, 0.1) is 12.7 Å². The molecule has 1 fully saturated rings. The zero-order chi connectivity index (χ0) is 31.3. The average Bonchev–Trinajstić information content (AvgIpc) is 3.03. The summed E-state index contributed by atoms with van der Waals surface area (Å²) in [5, 5.41) is 3.09. The van der Waals surface area contributed by atoms with Gasteiger partial charge < -0.3 is 19.7 Å². The van der Waals surface area contributed by atoms with Crippen molar-refractivity contribution < 1.29 is 31.9 Å². The maximum Gasteiger partial charge on any atom is 0.264 e. The highest BCUT2D eigenvalue weighted by atomic mass is 32.2. The molecule has 1 N–H and O–H groups in total. The maximum absolute atomic E-state index is 14.1. The molecule has 44 heavy (non-hydrogen) atoms. The van der Waals surface area contributed by atoms with Crippen molar-refractivity contribution in [1.82, 2.24) is 10.2 Å². The minimum Gasteiger partial charge on any atom is -0.486 e. The third-order valence-electron chi connectivity index (χ3n) is 8.09. The van der Waals surface area contributed by atoms with Crippen molar-refractivity contribution in [1.29, 1.82) is 0 Å². The van der Waals surface area contributed by atoms with Crippen LogP contribution in [0.5, 0.6) is 11.5 Å². The maximum atomic E-state index is 14.1. The van der Waals surface area contributed by atoms with Crippen LogP contribution in [0.25, 0.3) is 0 Å². The Hall–Kier alpha value is -4.12. The first kappa shape index (κ1) is 31.3. The lowest BCUT2D eigenvalue weighted by Gasteiger charge is -2.33. The molecule has 9 nitrogen and oxygen atoms in total. The number of benzene rings is 3. The molecule has 0 spiro atoms. The third kappa shape index (κ3) is 7.32. The number of fused-ring (bicyclic) bond motifs is 1. The van der Waals surface area contributed by atoms with E-state index in [1.54, 1.807) is 6.92 Å². The lowest BCUT2D eigenvalue weighted by atomic mass is 9.95. The van der Waals surface area contributed by atoms with Crippen LogP contribution in [-0.4, -0.2) is 57.0 Å². The van der Waals surface area contributed by atoms with E-state index in [0.29, 0.717) is 12.4 Å². The van der Waals surface area contributed by atoms with E-state index < -0.39 is 34.3 Å². The van der Waals surface area contributed by atoms with E-state index in [1.807, 2.05) is 31.2 Å². The Morgan fingerprint density at radius 2 is 1.59 bits per heavy atom. The molecule has 1 atom stereocenters. The molecule has 5 rings (SSSR count). The van der Waals surface area contributed by atoms with Gasteiger partial charge in [-0.3, -0.25) is 13.9 Å². The van der Waals surface area contributed by atoms with Gasteiger partial charge in [0.2, 0.25) is 11.8 Å². The number of halogens is 1. The summed E-state index contributed by atoms with van der Waals surface area (Å²) < 4.78 is 54.2. The van der Waals surface area contributed by atoms with Crippen molar-refractivity contribution >= 4 is 27.5 Å². The van der Waals surface area contributed by atoms with E-state index in [1.165, 1.54) is 35.2 Å². The van der Waals surface area contributed by atoms with Crippen molar-refractivity contribution in [3.8, 4) is 11.5 Å². The number of carbonyl (C=O) groups excluding carboxylic acids is 2. The number of nitrogens with one attached hydrogen (secondary N) is 1. The van der Waals surface area contributed by atoms with Gasteiger partial charge in [-0.25, -0.2) is 12.8 Å². The van der Waals surface area contributed by atoms with Gasteiger partial charge in [0.15, 0.2) is 11.5 Å². The van der Waals surface area contributed by atoms with Crippen LogP contribution < -0.4 is 19.1 Å². The normalized spacial score (nSPS) is 15.7. The number of aryl methyl sites for hydroxylation is 1. The molecular weight excluding hydrogens is 585 g/mol. The molecule has 1 aliphatic heterocycles. The third-order valence-corrected chi connectivity index (χ3v) is 9.86. The van der Waals surface area contributed by atoms with Crippen molar-refractivity contribution in [2.24, 2.45) is 0 Å². The summed E-state index contributed by atoms with van der Waals surface area (Å²) in [5.74, 6) is -0.730. The van der Waals surface area contributed by atoms with Gasteiger partial charge in [0.1, 0.15) is 31.6 Å². The number of sulfonamides is 1. The average molecular weight is 624 g/mol. The van der Waals surface area contributed by atoms with Gasteiger partial charge in [-0.2, -0.15) is 0 Å². The summed E-state index contributed by atoms with van der Waals surface area (Å²) in [6.07, 6.45) is 4.98. The molecule has 1 heterocycles. The monoisotopic (exact) mass is 623 g/mol. The molecule has 234 valence electrons. The van der Waals surface area contributed by atoms with Gasteiger partial charge in [-0.1, -0.05) is 49.1 Å². The van der Waals surface area contributed by atoms with Crippen LogP contribution in [-0.2, 0) is 26.2 Å². The van der Waals surface area contributed by atoms with E-state index in [9.17, 15) is 22.4 Å². The van der Waals surface area contributed by atoms with E-state index in [2.05, 4.69) is 5.32 Å². The number of hydrogen-bond acceptors (Lipinski definition) is 6. The highest BCUT2D eigenvalue weighted by Crippen LogP contribution is 2.34. The first-order valence-corrected chi connectivity index (χ1v) is 16.4. The Morgan fingerprint density at radius 3 is 2.27 bits per heavy atom. The van der Waals surface area contributed by atoms with Crippen LogP contribution in [0.2, 0.25) is 0 Å². The lowest BCUT2D eigenvalue weighted by molar-refractivity contribution is -0.139. The smallest absolute Gasteiger partial charge is 0.264 e. The molecule has 11 heteroatoms. The summed E-state index contributed by atoms with van der Waals surface area (Å²) in [6, 6.07) is 15.9. The van der Waals surface area contributed by atoms with Crippen LogP contribution in [0.15, 0.2) is 71.6 Å². The SMILES string of the molecule is Cc1ccc(CN(C(=O)CN(c2ccc(F)cc2)S(=O)(=O)c2ccc3c(c2)OCCO3)[C@H](C)C(=O)NC2CCCCC2)cc1. The van der Waals surface area contributed by atoms with Crippen molar-refractivity contribution in [2.75, 3.05) is 24.1 Å². The number of anilines is 1. The number of rotatable bonds is 10. The Bertz CT molecular complexity index is 1570. The van der Waals surface area contributed by atoms with Crippen LogP contribution in [0.3, 0.4) is 0 Å². The minimum atomic E-state index is -4.35. The molecule has 1 aliphatic carbocycles. The number of hydrogen-bond donors (Lipinski definition) is 1. The highest BCUT2D eigenvalue weighted by molar-refractivity contribution is 7.92. The Labute approximate surface area is 258 Å². The van der Waals surface area contributed by atoms with Crippen LogP contribution >= 0.6 is 0 Å². The second-order valence-corrected chi connectivity index (χ2v) is 13.2. The zero-order valence-electron chi connectivity index (χ0n) is 25.0. The fourth-order valence-electron chi connectivity index (χ4n) is 5.49. The molecule has 3 aromatic carbocycles. The largest absolute Gasteiger partial charge is 0.486 e. The number of amides is 2. The summed E-state index contributed by atoms with van der Waals surface area (Å²) in [4.78, 5) is 28.9. The molecule has 0 radical (unpaired) electrons. The fraction of sp³-hybridized carbons (Fsp3) is 0.394. The Morgan fingerprint density at radius 1 is 0.932 bits per heavy atom. The highest BCUT2D eigenvalue weighted by Gasteiger charge is 2.34. The van der Waals surface area contributed by atoms with Gasteiger partial charge in [-0.15, -0.1) is 0 Å².